The molecule has 1 fully saturated rings. The van der Waals surface area contributed by atoms with Gasteiger partial charge >= 0.3 is 5.69 Å². The van der Waals surface area contributed by atoms with Gasteiger partial charge in [-0.05, 0) is 0 Å². The molecule has 1 atom stereocenters. The molecule has 0 radical (unpaired) electrons. The molecule has 8 nitrogen and oxygen atoms in total. The molecule has 21 heavy (non-hydrogen) atoms. The summed E-state index contributed by atoms with van der Waals surface area (Å²) in [6.45, 7) is 4.16. The number of rotatable bonds is 3. The van der Waals surface area contributed by atoms with Gasteiger partial charge in [-0.25, -0.2) is 4.79 Å². The van der Waals surface area contributed by atoms with Crippen molar-refractivity contribution in [1.29, 1.82) is 0 Å². The Morgan fingerprint density at radius 2 is 2.14 bits per heavy atom. The number of hydrogen-bond donors (Lipinski definition) is 3. The van der Waals surface area contributed by atoms with Crippen molar-refractivity contribution in [2.75, 3.05) is 32.8 Å². The van der Waals surface area contributed by atoms with Crippen molar-refractivity contribution < 1.29 is 9.90 Å². The van der Waals surface area contributed by atoms with E-state index in [1.165, 1.54) is 13.1 Å². The predicted octanol–water partition coefficient (Wildman–Crippen LogP) is -1.66. The zero-order valence-corrected chi connectivity index (χ0v) is 12.0. The summed E-state index contributed by atoms with van der Waals surface area (Å²) in [6, 6.07) is 0. The Bertz CT molecular complexity index is 609. The van der Waals surface area contributed by atoms with E-state index in [2.05, 4.69) is 9.97 Å². The second kappa shape index (κ2) is 6.68. The maximum atomic E-state index is 11.7. The van der Waals surface area contributed by atoms with Gasteiger partial charge in [-0.1, -0.05) is 0 Å². The third-order valence-corrected chi connectivity index (χ3v) is 3.67. The van der Waals surface area contributed by atoms with Gasteiger partial charge in [-0.15, -0.1) is 0 Å². The molecule has 116 valence electrons. The van der Waals surface area contributed by atoms with Crippen LogP contribution in [-0.2, 0) is 11.3 Å². The first-order valence-electron chi connectivity index (χ1n) is 6.89. The molecule has 1 aliphatic heterocycles. The van der Waals surface area contributed by atoms with Crippen LogP contribution in [0.1, 0.15) is 12.5 Å². The van der Waals surface area contributed by atoms with Gasteiger partial charge in [0.05, 0.1) is 0 Å². The van der Waals surface area contributed by atoms with E-state index in [-0.39, 0.29) is 18.4 Å². The van der Waals surface area contributed by atoms with Crippen LogP contribution in [-0.4, -0.2) is 63.6 Å². The normalized spacial score (nSPS) is 20.3. The number of carbonyl (C=O) groups excluding carboxylic acids is 1. The van der Waals surface area contributed by atoms with Crippen LogP contribution >= 0.6 is 0 Å². The molecule has 2 heterocycles. The second-order valence-corrected chi connectivity index (χ2v) is 5.35. The lowest BCUT2D eigenvalue weighted by molar-refractivity contribution is -0.129. The van der Waals surface area contributed by atoms with E-state index >= 15 is 0 Å². The maximum absolute atomic E-state index is 11.7. The molecule has 3 N–H and O–H groups in total. The van der Waals surface area contributed by atoms with Gasteiger partial charge in [-0.3, -0.25) is 19.5 Å². The SMILES string of the molecule is CC(=O)N1CCN(Cc2c[nH]c(=O)[nH]c2=O)CC(CO)C1. The third-order valence-electron chi connectivity index (χ3n) is 3.67. The standard InChI is InChI=1S/C13H20N4O4/c1-9(19)17-3-2-16(5-10(6-17)8-18)7-11-4-14-13(21)15-12(11)20/h4,10,18H,2-3,5-8H2,1H3,(H2,14,15,20,21). The van der Waals surface area contributed by atoms with E-state index in [0.29, 0.717) is 38.3 Å². The molecular formula is C13H20N4O4. The highest BCUT2D eigenvalue weighted by Gasteiger charge is 2.24. The molecule has 1 amide bonds. The molecule has 2 rings (SSSR count). The summed E-state index contributed by atoms with van der Waals surface area (Å²) in [5.74, 6) is -0.0598. The summed E-state index contributed by atoms with van der Waals surface area (Å²) in [7, 11) is 0. The smallest absolute Gasteiger partial charge is 0.325 e. The summed E-state index contributed by atoms with van der Waals surface area (Å²) >= 11 is 0. The summed E-state index contributed by atoms with van der Waals surface area (Å²) in [6.07, 6.45) is 1.41. The van der Waals surface area contributed by atoms with E-state index in [4.69, 9.17) is 0 Å². The lowest BCUT2D eigenvalue weighted by Gasteiger charge is -2.22. The Labute approximate surface area is 121 Å². The molecule has 1 saturated heterocycles. The first-order valence-corrected chi connectivity index (χ1v) is 6.89. The summed E-state index contributed by atoms with van der Waals surface area (Å²) in [5.41, 5.74) is -0.481. The molecular weight excluding hydrogens is 276 g/mol. The van der Waals surface area contributed by atoms with Crippen LogP contribution < -0.4 is 11.2 Å². The van der Waals surface area contributed by atoms with Crippen molar-refractivity contribution in [3.8, 4) is 0 Å². The average molecular weight is 296 g/mol. The molecule has 1 aromatic rings. The summed E-state index contributed by atoms with van der Waals surface area (Å²) in [4.78, 5) is 42.6. The van der Waals surface area contributed by atoms with E-state index in [1.54, 1.807) is 4.90 Å². The van der Waals surface area contributed by atoms with E-state index in [1.807, 2.05) is 4.90 Å². The van der Waals surface area contributed by atoms with E-state index < -0.39 is 11.2 Å². The molecule has 0 spiro atoms. The maximum Gasteiger partial charge on any atom is 0.325 e. The quantitative estimate of drug-likeness (QED) is 0.618. The van der Waals surface area contributed by atoms with Crippen molar-refractivity contribution in [2.24, 2.45) is 5.92 Å². The topological polar surface area (TPSA) is 110 Å². The minimum atomic E-state index is -0.532. The largest absolute Gasteiger partial charge is 0.396 e. The average Bonchev–Trinajstić information content (AvgIpc) is 2.64. The molecule has 0 saturated carbocycles. The Morgan fingerprint density at radius 1 is 1.38 bits per heavy atom. The van der Waals surface area contributed by atoms with Gasteiger partial charge in [-0.2, -0.15) is 0 Å². The number of aliphatic hydroxyl groups excluding tert-OH is 1. The van der Waals surface area contributed by atoms with Gasteiger partial charge in [0.1, 0.15) is 0 Å². The van der Waals surface area contributed by atoms with Gasteiger partial charge in [0.25, 0.3) is 5.56 Å². The fourth-order valence-electron chi connectivity index (χ4n) is 2.52. The molecule has 0 aliphatic carbocycles. The highest BCUT2D eigenvalue weighted by molar-refractivity contribution is 5.73. The Morgan fingerprint density at radius 3 is 2.76 bits per heavy atom. The second-order valence-electron chi connectivity index (χ2n) is 5.35. The van der Waals surface area contributed by atoms with Gasteiger partial charge in [0.2, 0.25) is 5.91 Å². The Hall–Kier alpha value is -1.93. The van der Waals surface area contributed by atoms with Crippen molar-refractivity contribution in [2.45, 2.75) is 13.5 Å². The van der Waals surface area contributed by atoms with Crippen LogP contribution in [0.4, 0.5) is 0 Å². The van der Waals surface area contributed by atoms with Crippen LogP contribution in [0.5, 0.6) is 0 Å². The highest BCUT2D eigenvalue weighted by Crippen LogP contribution is 2.11. The zero-order valence-electron chi connectivity index (χ0n) is 12.0. The molecule has 1 unspecified atom stereocenters. The van der Waals surface area contributed by atoms with Crippen molar-refractivity contribution >= 4 is 5.91 Å². The molecule has 1 aliphatic rings. The third kappa shape index (κ3) is 4.02. The monoisotopic (exact) mass is 296 g/mol. The lowest BCUT2D eigenvalue weighted by Crippen LogP contribution is -2.35. The van der Waals surface area contributed by atoms with Crippen LogP contribution in [0.2, 0.25) is 0 Å². The first-order chi connectivity index (χ1) is 9.99. The number of nitrogens with zero attached hydrogens (tertiary/aromatic N) is 2. The number of hydrogen-bond acceptors (Lipinski definition) is 5. The fourth-order valence-corrected chi connectivity index (χ4v) is 2.52. The van der Waals surface area contributed by atoms with Crippen molar-refractivity contribution in [3.63, 3.8) is 0 Å². The van der Waals surface area contributed by atoms with Gasteiger partial charge in [0.15, 0.2) is 0 Å². The van der Waals surface area contributed by atoms with Crippen LogP contribution in [0.15, 0.2) is 15.8 Å². The van der Waals surface area contributed by atoms with Gasteiger partial charge in [0, 0.05) is 63.9 Å². The molecule has 0 aromatic carbocycles. The summed E-state index contributed by atoms with van der Waals surface area (Å²) < 4.78 is 0. The number of H-pyrrole nitrogens is 2. The van der Waals surface area contributed by atoms with Crippen molar-refractivity contribution in [1.82, 2.24) is 19.8 Å². The summed E-state index contributed by atoms with van der Waals surface area (Å²) in [5, 5.41) is 9.41. The predicted molar refractivity (Wildman–Crippen MR) is 75.8 cm³/mol. The van der Waals surface area contributed by atoms with Crippen LogP contribution in [0, 0.1) is 5.92 Å². The Balaban J connectivity index is 2.10. The van der Waals surface area contributed by atoms with Gasteiger partial charge < -0.3 is 15.0 Å². The number of aromatic amines is 2. The number of aromatic nitrogens is 2. The minimum absolute atomic E-state index is 0.0116. The minimum Gasteiger partial charge on any atom is -0.396 e. The highest BCUT2D eigenvalue weighted by atomic mass is 16.3. The molecule has 1 aromatic heterocycles. The lowest BCUT2D eigenvalue weighted by atomic mass is 10.1. The molecule has 8 heteroatoms. The molecule has 0 bridgehead atoms. The number of amides is 1. The first kappa shape index (κ1) is 15.5. The van der Waals surface area contributed by atoms with E-state index in [0.717, 1.165) is 0 Å². The van der Waals surface area contributed by atoms with Crippen LogP contribution in [0.25, 0.3) is 0 Å². The zero-order chi connectivity index (χ0) is 15.4. The number of nitrogens with one attached hydrogen (secondary N) is 2. The van der Waals surface area contributed by atoms with E-state index in [9.17, 15) is 19.5 Å². The van der Waals surface area contributed by atoms with Crippen molar-refractivity contribution in [3.05, 3.63) is 32.6 Å². The van der Waals surface area contributed by atoms with Crippen LogP contribution in [0.3, 0.4) is 0 Å². The number of carbonyl (C=O) groups is 1. The Kier molecular flexibility index (Phi) is 4.92. The fraction of sp³-hybridized carbons (Fsp3) is 0.615. The number of aliphatic hydroxyl groups is 1.